The lowest BCUT2D eigenvalue weighted by Gasteiger charge is -2.26. The molecule has 0 spiro atoms. The minimum atomic E-state index is -0.864. The van der Waals surface area contributed by atoms with E-state index in [-0.39, 0.29) is 14.2 Å². The number of benzene rings is 2. The molecule has 27 heavy (non-hydrogen) atoms. The first-order chi connectivity index (χ1) is 13.1. The monoisotopic (exact) mass is 404 g/mol. The third-order valence-corrected chi connectivity index (χ3v) is 7.79. The van der Waals surface area contributed by atoms with Gasteiger partial charge in [0.15, 0.2) is 8.46 Å². The van der Waals surface area contributed by atoms with Crippen molar-refractivity contribution in [2.24, 2.45) is 11.8 Å². The number of fused-ring (bicyclic) bond motifs is 1. The summed E-state index contributed by atoms with van der Waals surface area (Å²) in [6.07, 6.45) is 6.29. The molecule has 4 nitrogen and oxygen atoms in total. The van der Waals surface area contributed by atoms with E-state index in [1.165, 1.54) is 18.2 Å². The lowest BCUT2D eigenvalue weighted by Crippen LogP contribution is -2.29. The van der Waals surface area contributed by atoms with Crippen LogP contribution in [0.4, 0.5) is 0 Å². The molecule has 0 bridgehead atoms. The normalized spacial score (nSPS) is 17.8. The standard InChI is InChI=1S/C21H25O4PS/c22-18-11-10-15-8-4-5-9-16(15)20(18)27-13-19(26-25)17(21(23)24)12-14-6-2-1-3-7-14/h4-5,8-11,14,17,19,22H,1-3,6-7,12-13H2,(H,23,24). The Balaban J connectivity index is 1.74. The van der Waals surface area contributed by atoms with Gasteiger partial charge in [0.25, 0.3) is 0 Å². The molecular weight excluding hydrogens is 379 g/mol. The first-order valence-electron chi connectivity index (χ1n) is 9.49. The van der Waals surface area contributed by atoms with E-state index in [0.29, 0.717) is 18.1 Å². The van der Waals surface area contributed by atoms with Gasteiger partial charge in [0.2, 0.25) is 0 Å². The van der Waals surface area contributed by atoms with Crippen molar-refractivity contribution >= 4 is 37.0 Å². The van der Waals surface area contributed by atoms with Crippen LogP contribution in [-0.2, 0) is 9.36 Å². The lowest BCUT2D eigenvalue weighted by atomic mass is 9.82. The van der Waals surface area contributed by atoms with Crippen molar-refractivity contribution in [3.8, 4) is 5.75 Å². The molecule has 0 heterocycles. The Bertz CT molecular complexity index is 804. The smallest absolute Gasteiger partial charge is 0.307 e. The van der Waals surface area contributed by atoms with Crippen LogP contribution < -0.4 is 0 Å². The highest BCUT2D eigenvalue weighted by molar-refractivity contribution is 7.99. The Hall–Kier alpha value is -1.58. The van der Waals surface area contributed by atoms with Crippen LogP contribution in [-0.4, -0.2) is 27.6 Å². The molecule has 1 fully saturated rings. The topological polar surface area (TPSA) is 74.6 Å². The molecule has 3 rings (SSSR count). The first-order valence-corrected chi connectivity index (χ1v) is 11.4. The van der Waals surface area contributed by atoms with Crippen LogP contribution in [0.3, 0.4) is 0 Å². The van der Waals surface area contributed by atoms with Gasteiger partial charge in [-0.05, 0) is 29.2 Å². The van der Waals surface area contributed by atoms with Crippen molar-refractivity contribution in [2.45, 2.75) is 49.1 Å². The van der Waals surface area contributed by atoms with Crippen molar-refractivity contribution in [2.75, 3.05) is 5.75 Å². The van der Waals surface area contributed by atoms with E-state index in [2.05, 4.69) is 0 Å². The first kappa shape index (κ1) is 20.2. The van der Waals surface area contributed by atoms with Crippen LogP contribution in [0.5, 0.6) is 5.75 Å². The van der Waals surface area contributed by atoms with Gasteiger partial charge >= 0.3 is 5.97 Å². The molecule has 0 saturated heterocycles. The van der Waals surface area contributed by atoms with Gasteiger partial charge < -0.3 is 10.2 Å². The molecule has 0 aliphatic heterocycles. The quantitative estimate of drug-likeness (QED) is 0.419. The Labute approximate surface area is 165 Å². The molecule has 6 heteroatoms. The molecule has 2 aromatic carbocycles. The second kappa shape index (κ2) is 9.57. The average Bonchev–Trinajstić information content (AvgIpc) is 2.69. The molecule has 2 N–H and O–H groups in total. The minimum absolute atomic E-state index is 0.136. The van der Waals surface area contributed by atoms with E-state index in [1.807, 2.05) is 30.3 Å². The molecule has 0 aromatic heterocycles. The van der Waals surface area contributed by atoms with Crippen LogP contribution in [0.25, 0.3) is 10.8 Å². The third-order valence-electron chi connectivity index (χ3n) is 5.49. The van der Waals surface area contributed by atoms with Crippen molar-refractivity contribution in [3.05, 3.63) is 36.4 Å². The summed E-state index contributed by atoms with van der Waals surface area (Å²) >= 11 is 1.40. The van der Waals surface area contributed by atoms with Gasteiger partial charge in [0, 0.05) is 5.75 Å². The molecule has 2 unspecified atom stereocenters. The second-order valence-corrected chi connectivity index (χ2v) is 9.21. The Morgan fingerprint density at radius 1 is 1.15 bits per heavy atom. The van der Waals surface area contributed by atoms with Gasteiger partial charge in [-0.25, -0.2) is 0 Å². The van der Waals surface area contributed by atoms with Crippen molar-refractivity contribution < 1.29 is 19.6 Å². The summed E-state index contributed by atoms with van der Waals surface area (Å²) in [4.78, 5) is 12.6. The van der Waals surface area contributed by atoms with Crippen LogP contribution in [0.1, 0.15) is 38.5 Å². The fourth-order valence-corrected chi connectivity index (χ4v) is 5.97. The number of hydrogen-bond acceptors (Lipinski definition) is 4. The highest BCUT2D eigenvalue weighted by Crippen LogP contribution is 2.39. The fraction of sp³-hybridized carbons (Fsp3) is 0.476. The van der Waals surface area contributed by atoms with E-state index in [9.17, 15) is 19.6 Å². The predicted octanol–water partition coefficient (Wildman–Crippen LogP) is 5.97. The summed E-state index contributed by atoms with van der Waals surface area (Å²) < 4.78 is 11.8. The number of carboxylic acid groups (broad SMARTS) is 1. The van der Waals surface area contributed by atoms with Gasteiger partial charge in [-0.3, -0.25) is 9.36 Å². The van der Waals surface area contributed by atoms with E-state index >= 15 is 0 Å². The summed E-state index contributed by atoms with van der Waals surface area (Å²) in [7, 11) is -0.136. The highest BCUT2D eigenvalue weighted by Gasteiger charge is 2.32. The molecule has 0 radical (unpaired) electrons. The summed E-state index contributed by atoms with van der Waals surface area (Å²) in [5, 5.41) is 22.0. The second-order valence-electron chi connectivity index (χ2n) is 7.30. The number of carbonyl (C=O) groups is 1. The number of carboxylic acids is 1. The maximum absolute atomic E-state index is 11.9. The zero-order valence-electron chi connectivity index (χ0n) is 15.2. The molecule has 2 atom stereocenters. The molecule has 0 amide bonds. The largest absolute Gasteiger partial charge is 0.507 e. The lowest BCUT2D eigenvalue weighted by molar-refractivity contribution is -0.142. The maximum Gasteiger partial charge on any atom is 0.307 e. The summed E-state index contributed by atoms with van der Waals surface area (Å²) in [6.45, 7) is 0. The average molecular weight is 404 g/mol. The number of aliphatic carboxylic acids is 1. The van der Waals surface area contributed by atoms with Gasteiger partial charge in [-0.1, -0.05) is 62.4 Å². The van der Waals surface area contributed by atoms with Crippen molar-refractivity contribution in [1.29, 1.82) is 0 Å². The van der Waals surface area contributed by atoms with Crippen LogP contribution in [0.2, 0.25) is 0 Å². The highest BCUT2D eigenvalue weighted by atomic mass is 32.2. The number of phenols is 1. The fourth-order valence-electron chi connectivity index (χ4n) is 3.98. The van der Waals surface area contributed by atoms with Crippen molar-refractivity contribution in [1.82, 2.24) is 0 Å². The zero-order valence-corrected chi connectivity index (χ0v) is 16.9. The van der Waals surface area contributed by atoms with E-state index < -0.39 is 17.5 Å². The number of aromatic hydroxyl groups is 1. The molecule has 1 saturated carbocycles. The molecule has 2 aromatic rings. The van der Waals surface area contributed by atoms with Crippen molar-refractivity contribution in [3.63, 3.8) is 0 Å². The number of hydrogen-bond donors (Lipinski definition) is 2. The van der Waals surface area contributed by atoms with Crippen LogP contribution >= 0.6 is 20.2 Å². The molecule has 1 aliphatic rings. The van der Waals surface area contributed by atoms with Gasteiger partial charge in [-0.15, -0.1) is 11.8 Å². The van der Waals surface area contributed by atoms with Crippen LogP contribution in [0.15, 0.2) is 41.3 Å². The Morgan fingerprint density at radius 3 is 2.59 bits per heavy atom. The molecule has 1 aliphatic carbocycles. The maximum atomic E-state index is 11.9. The van der Waals surface area contributed by atoms with E-state index in [4.69, 9.17) is 0 Å². The summed E-state index contributed by atoms with van der Waals surface area (Å²) in [5.41, 5.74) is -0.465. The minimum Gasteiger partial charge on any atom is -0.507 e. The van der Waals surface area contributed by atoms with Crippen LogP contribution in [0, 0.1) is 11.8 Å². The number of phenolic OH excluding ortho intramolecular Hbond substituents is 1. The Kier molecular flexibility index (Phi) is 7.14. The number of thioether (sulfide) groups is 1. The Morgan fingerprint density at radius 2 is 1.89 bits per heavy atom. The predicted molar refractivity (Wildman–Crippen MR) is 110 cm³/mol. The third kappa shape index (κ3) is 5.03. The summed E-state index contributed by atoms with van der Waals surface area (Å²) in [6, 6.07) is 11.3. The van der Waals surface area contributed by atoms with Gasteiger partial charge in [0.05, 0.1) is 16.5 Å². The van der Waals surface area contributed by atoms with E-state index in [1.54, 1.807) is 6.07 Å². The van der Waals surface area contributed by atoms with E-state index in [0.717, 1.165) is 41.4 Å². The molecule has 144 valence electrons. The van der Waals surface area contributed by atoms with Gasteiger partial charge in [0.1, 0.15) is 5.75 Å². The number of rotatable bonds is 8. The zero-order chi connectivity index (χ0) is 19.2. The molecular formula is C21H25O4PS. The summed E-state index contributed by atoms with van der Waals surface area (Å²) in [5.74, 6) is -0.483. The van der Waals surface area contributed by atoms with Gasteiger partial charge in [-0.2, -0.15) is 0 Å². The SMILES string of the molecule is O=PC(CSc1c(O)ccc2ccccc12)C(CC1CCCCC1)C(=O)O.